The highest BCUT2D eigenvalue weighted by atomic mass is 32.2. The molecule has 1 aliphatic heterocycles. The minimum absolute atomic E-state index is 0.103. The summed E-state index contributed by atoms with van der Waals surface area (Å²) >= 11 is 0. The van der Waals surface area contributed by atoms with Crippen LogP contribution in [-0.2, 0) is 14.8 Å². The fraction of sp³-hybridized carbons (Fsp3) is 0.588. The van der Waals surface area contributed by atoms with Crippen molar-refractivity contribution in [3.05, 3.63) is 30.3 Å². The molecule has 0 aliphatic carbocycles. The van der Waals surface area contributed by atoms with Crippen LogP contribution < -0.4 is 5.32 Å². The van der Waals surface area contributed by atoms with Crippen molar-refractivity contribution in [2.45, 2.75) is 62.9 Å². The molecule has 1 N–H and O–H groups in total. The number of benzene rings is 1. The molecule has 1 amide bonds. The van der Waals surface area contributed by atoms with Crippen molar-refractivity contribution in [3.63, 3.8) is 0 Å². The van der Waals surface area contributed by atoms with Crippen molar-refractivity contribution in [2.75, 3.05) is 6.54 Å². The molecule has 1 fully saturated rings. The van der Waals surface area contributed by atoms with Gasteiger partial charge in [0.25, 0.3) is 0 Å². The lowest BCUT2D eigenvalue weighted by Gasteiger charge is -2.34. The number of hydrogen-bond donors (Lipinski definition) is 1. The summed E-state index contributed by atoms with van der Waals surface area (Å²) in [5, 5.41) is 2.99. The van der Waals surface area contributed by atoms with Crippen molar-refractivity contribution >= 4 is 15.9 Å². The van der Waals surface area contributed by atoms with Gasteiger partial charge in [-0.15, -0.1) is 0 Å². The number of hydrogen-bond acceptors (Lipinski definition) is 3. The summed E-state index contributed by atoms with van der Waals surface area (Å²) < 4.78 is 27.1. The van der Waals surface area contributed by atoms with E-state index in [0.29, 0.717) is 13.0 Å². The van der Waals surface area contributed by atoms with Crippen molar-refractivity contribution < 1.29 is 13.2 Å². The van der Waals surface area contributed by atoms with E-state index in [9.17, 15) is 13.2 Å². The largest absolute Gasteiger partial charge is 0.352 e. The molecule has 2 rings (SSSR count). The van der Waals surface area contributed by atoms with Crippen LogP contribution >= 0.6 is 0 Å². The van der Waals surface area contributed by atoms with Gasteiger partial charge < -0.3 is 5.32 Å². The monoisotopic (exact) mass is 338 g/mol. The van der Waals surface area contributed by atoms with Crippen LogP contribution in [0.4, 0.5) is 0 Å². The normalized spacial score (nSPS) is 19.7. The summed E-state index contributed by atoms with van der Waals surface area (Å²) in [5.74, 6) is -0.169. The first kappa shape index (κ1) is 17.9. The minimum atomic E-state index is -3.63. The predicted molar refractivity (Wildman–Crippen MR) is 90.5 cm³/mol. The molecule has 5 nitrogen and oxygen atoms in total. The summed E-state index contributed by atoms with van der Waals surface area (Å²) in [6, 6.07) is 7.86. The first-order chi connectivity index (χ1) is 11.0. The predicted octanol–water partition coefficient (Wildman–Crippen LogP) is 2.53. The molecule has 0 bridgehead atoms. The van der Waals surface area contributed by atoms with Crippen LogP contribution in [0.5, 0.6) is 0 Å². The molecule has 128 valence electrons. The smallest absolute Gasteiger partial charge is 0.243 e. The Labute approximate surface area is 139 Å². The van der Waals surface area contributed by atoms with Gasteiger partial charge in [0.05, 0.1) is 4.90 Å². The van der Waals surface area contributed by atoms with Crippen molar-refractivity contribution in [1.82, 2.24) is 9.62 Å². The van der Waals surface area contributed by atoms with E-state index >= 15 is 0 Å². The van der Waals surface area contributed by atoms with Gasteiger partial charge in [-0.1, -0.05) is 38.5 Å². The average Bonchev–Trinajstić information content (AvgIpc) is 2.60. The minimum Gasteiger partial charge on any atom is -0.352 e. The number of amides is 1. The lowest BCUT2D eigenvalue weighted by atomic mass is 10.0. The molecule has 0 aromatic heterocycles. The number of sulfonamides is 1. The Balaban J connectivity index is 2.23. The topological polar surface area (TPSA) is 66.5 Å². The zero-order chi connectivity index (χ0) is 16.9. The maximum Gasteiger partial charge on any atom is 0.243 e. The highest BCUT2D eigenvalue weighted by Crippen LogP contribution is 2.25. The summed E-state index contributed by atoms with van der Waals surface area (Å²) in [6.45, 7) is 4.44. The number of nitrogens with zero attached hydrogens (tertiary/aromatic N) is 1. The Kier molecular flexibility index (Phi) is 6.18. The van der Waals surface area contributed by atoms with Gasteiger partial charge in [0, 0.05) is 12.6 Å². The highest BCUT2D eigenvalue weighted by Gasteiger charge is 2.37. The molecule has 0 radical (unpaired) electrons. The molecule has 0 unspecified atom stereocenters. The molecule has 23 heavy (non-hydrogen) atoms. The van der Waals surface area contributed by atoms with E-state index in [1.54, 1.807) is 30.3 Å². The van der Waals surface area contributed by atoms with E-state index in [1.165, 1.54) is 4.31 Å². The van der Waals surface area contributed by atoms with E-state index in [2.05, 4.69) is 5.32 Å². The van der Waals surface area contributed by atoms with Crippen molar-refractivity contribution in [3.8, 4) is 0 Å². The van der Waals surface area contributed by atoms with Gasteiger partial charge in [0.2, 0.25) is 15.9 Å². The molecule has 1 aliphatic rings. The van der Waals surface area contributed by atoms with E-state index in [1.807, 2.05) is 13.8 Å². The zero-order valence-corrected chi connectivity index (χ0v) is 14.7. The third kappa shape index (κ3) is 4.12. The molecular weight excluding hydrogens is 312 g/mol. The van der Waals surface area contributed by atoms with Gasteiger partial charge >= 0.3 is 0 Å². The Bertz CT molecular complexity index is 612. The number of carbonyl (C=O) groups excluding carboxylic acids is 1. The summed E-state index contributed by atoms with van der Waals surface area (Å²) in [6.07, 6.45) is 3.95. The second kappa shape index (κ2) is 7.93. The molecule has 1 atom stereocenters. The number of nitrogens with one attached hydrogen (secondary N) is 1. The van der Waals surface area contributed by atoms with E-state index in [0.717, 1.165) is 25.7 Å². The van der Waals surface area contributed by atoms with Crippen molar-refractivity contribution in [1.29, 1.82) is 0 Å². The van der Waals surface area contributed by atoms with Crippen LogP contribution in [-0.4, -0.2) is 37.3 Å². The second-order valence-corrected chi connectivity index (χ2v) is 7.85. The van der Waals surface area contributed by atoms with Crippen LogP contribution in [0.3, 0.4) is 0 Å². The van der Waals surface area contributed by atoms with Gasteiger partial charge in [-0.25, -0.2) is 8.42 Å². The van der Waals surface area contributed by atoms with Crippen LogP contribution in [0, 0.1) is 0 Å². The average molecular weight is 338 g/mol. The Morgan fingerprint density at radius 3 is 2.48 bits per heavy atom. The van der Waals surface area contributed by atoms with E-state index in [-0.39, 0.29) is 16.8 Å². The first-order valence-corrected chi connectivity index (χ1v) is 9.82. The molecule has 1 heterocycles. The molecule has 1 saturated heterocycles. The van der Waals surface area contributed by atoms with E-state index < -0.39 is 16.1 Å². The van der Waals surface area contributed by atoms with Crippen LogP contribution in [0.15, 0.2) is 35.2 Å². The Hall–Kier alpha value is -1.40. The zero-order valence-electron chi connectivity index (χ0n) is 13.9. The van der Waals surface area contributed by atoms with Crippen LogP contribution in [0.25, 0.3) is 0 Å². The Morgan fingerprint density at radius 1 is 1.22 bits per heavy atom. The molecule has 1 aromatic carbocycles. The fourth-order valence-electron chi connectivity index (χ4n) is 2.97. The summed E-state index contributed by atoms with van der Waals surface area (Å²) in [7, 11) is -3.63. The van der Waals surface area contributed by atoms with Gasteiger partial charge in [-0.2, -0.15) is 4.31 Å². The number of piperidine rings is 1. The lowest BCUT2D eigenvalue weighted by Crippen LogP contribution is -2.53. The third-order valence-corrected chi connectivity index (χ3v) is 6.36. The third-order valence-electron chi connectivity index (χ3n) is 4.44. The molecular formula is C17H26N2O3S. The van der Waals surface area contributed by atoms with Crippen molar-refractivity contribution in [2.24, 2.45) is 0 Å². The standard InChI is InChI=1S/C17H26N2O3S/c1-3-14(4-2)18-17(20)16-12-8-9-13-19(16)23(21,22)15-10-6-5-7-11-15/h5-7,10-11,14,16H,3-4,8-9,12-13H2,1-2H3,(H,18,20)/t16-/m1/s1. The molecule has 0 spiro atoms. The van der Waals surface area contributed by atoms with E-state index in [4.69, 9.17) is 0 Å². The van der Waals surface area contributed by atoms with Gasteiger partial charge in [-0.05, 0) is 37.8 Å². The maximum absolute atomic E-state index is 12.9. The maximum atomic E-state index is 12.9. The van der Waals surface area contributed by atoms with Crippen LogP contribution in [0.1, 0.15) is 46.0 Å². The molecule has 6 heteroatoms. The summed E-state index contributed by atoms with van der Waals surface area (Å²) in [4.78, 5) is 12.8. The summed E-state index contributed by atoms with van der Waals surface area (Å²) in [5.41, 5.74) is 0. The highest BCUT2D eigenvalue weighted by molar-refractivity contribution is 7.89. The molecule has 1 aromatic rings. The number of carbonyl (C=O) groups is 1. The quantitative estimate of drug-likeness (QED) is 0.867. The number of rotatable bonds is 6. The van der Waals surface area contributed by atoms with Gasteiger partial charge in [-0.3, -0.25) is 4.79 Å². The molecule has 0 saturated carbocycles. The van der Waals surface area contributed by atoms with Gasteiger partial charge in [0.1, 0.15) is 6.04 Å². The fourth-order valence-corrected chi connectivity index (χ4v) is 4.65. The SMILES string of the molecule is CCC(CC)NC(=O)[C@H]1CCCCN1S(=O)(=O)c1ccccc1. The van der Waals surface area contributed by atoms with Gasteiger partial charge in [0.15, 0.2) is 0 Å². The first-order valence-electron chi connectivity index (χ1n) is 8.38. The lowest BCUT2D eigenvalue weighted by molar-refractivity contribution is -0.126. The second-order valence-electron chi connectivity index (χ2n) is 5.96. The Morgan fingerprint density at radius 2 is 1.87 bits per heavy atom. The van der Waals surface area contributed by atoms with Crippen LogP contribution in [0.2, 0.25) is 0 Å².